The summed E-state index contributed by atoms with van der Waals surface area (Å²) >= 11 is 1.42. The van der Waals surface area contributed by atoms with E-state index in [2.05, 4.69) is 19.7 Å². The van der Waals surface area contributed by atoms with Crippen molar-refractivity contribution in [1.82, 2.24) is 19.7 Å². The number of carbonyl (C=O) groups excluding carboxylic acids is 1. The molecule has 2 aromatic heterocycles. The maximum atomic E-state index is 11.7. The van der Waals surface area contributed by atoms with Crippen LogP contribution in [0.5, 0.6) is 0 Å². The van der Waals surface area contributed by atoms with Crippen molar-refractivity contribution in [2.24, 2.45) is 0 Å². The molecule has 2 aromatic rings. The van der Waals surface area contributed by atoms with Gasteiger partial charge in [0.1, 0.15) is 16.5 Å². The number of rotatable bonds is 5. The predicted molar refractivity (Wildman–Crippen MR) is 79.2 cm³/mol. The van der Waals surface area contributed by atoms with Crippen molar-refractivity contribution in [3.63, 3.8) is 0 Å². The van der Waals surface area contributed by atoms with Crippen LogP contribution in [0.25, 0.3) is 0 Å². The molecular formula is C14H18N4O2S. The molecule has 3 rings (SSSR count). The molecule has 0 bridgehead atoms. The average Bonchev–Trinajstić information content (AvgIpc) is 3.16. The van der Waals surface area contributed by atoms with E-state index < -0.39 is 0 Å². The van der Waals surface area contributed by atoms with Gasteiger partial charge in [-0.05, 0) is 30.5 Å². The van der Waals surface area contributed by atoms with Gasteiger partial charge in [0.15, 0.2) is 0 Å². The van der Waals surface area contributed by atoms with Crippen LogP contribution in [0.4, 0.5) is 0 Å². The lowest BCUT2D eigenvalue weighted by Crippen LogP contribution is -2.21. The topological polar surface area (TPSA) is 60.2 Å². The zero-order valence-corrected chi connectivity index (χ0v) is 13.0. The molecule has 0 saturated carbocycles. The van der Waals surface area contributed by atoms with Crippen LogP contribution in [0.15, 0.2) is 11.4 Å². The SMILES string of the molecule is COC(=O)c1sccc1CN(C)Cc1nnc2n1CCC2. The van der Waals surface area contributed by atoms with Gasteiger partial charge in [-0.2, -0.15) is 0 Å². The summed E-state index contributed by atoms with van der Waals surface area (Å²) in [6.45, 7) is 2.43. The third-order valence-electron chi connectivity index (χ3n) is 3.66. The molecule has 0 N–H and O–H groups in total. The molecule has 7 heteroatoms. The van der Waals surface area contributed by atoms with Gasteiger partial charge < -0.3 is 9.30 Å². The van der Waals surface area contributed by atoms with Crippen LogP contribution in [-0.4, -0.2) is 39.8 Å². The first-order chi connectivity index (χ1) is 10.2. The number of carbonyl (C=O) groups is 1. The Kier molecular flexibility index (Phi) is 4.03. The van der Waals surface area contributed by atoms with E-state index in [9.17, 15) is 4.79 Å². The van der Waals surface area contributed by atoms with Crippen LogP contribution < -0.4 is 0 Å². The molecule has 6 nitrogen and oxygen atoms in total. The molecule has 1 aliphatic heterocycles. The van der Waals surface area contributed by atoms with Crippen molar-refractivity contribution in [2.75, 3.05) is 14.2 Å². The number of nitrogens with zero attached hydrogens (tertiary/aromatic N) is 4. The van der Waals surface area contributed by atoms with Crippen LogP contribution in [0.2, 0.25) is 0 Å². The summed E-state index contributed by atoms with van der Waals surface area (Å²) in [6, 6.07) is 1.97. The highest BCUT2D eigenvalue weighted by atomic mass is 32.1. The summed E-state index contributed by atoms with van der Waals surface area (Å²) in [6.07, 6.45) is 2.17. The molecule has 0 spiro atoms. The Labute approximate surface area is 127 Å². The van der Waals surface area contributed by atoms with Crippen LogP contribution in [0.1, 0.15) is 33.3 Å². The normalized spacial score (nSPS) is 13.7. The smallest absolute Gasteiger partial charge is 0.348 e. The quantitative estimate of drug-likeness (QED) is 0.787. The first kappa shape index (κ1) is 14.2. The van der Waals surface area contributed by atoms with Gasteiger partial charge in [-0.3, -0.25) is 4.90 Å². The fourth-order valence-electron chi connectivity index (χ4n) is 2.65. The van der Waals surface area contributed by atoms with Gasteiger partial charge in [0.05, 0.1) is 13.7 Å². The molecule has 112 valence electrons. The van der Waals surface area contributed by atoms with E-state index in [-0.39, 0.29) is 5.97 Å². The van der Waals surface area contributed by atoms with Gasteiger partial charge in [-0.25, -0.2) is 4.79 Å². The van der Waals surface area contributed by atoms with E-state index in [4.69, 9.17) is 4.74 Å². The second kappa shape index (κ2) is 5.95. The minimum absolute atomic E-state index is 0.267. The molecule has 21 heavy (non-hydrogen) atoms. The Morgan fingerprint density at radius 3 is 3.14 bits per heavy atom. The molecule has 0 atom stereocenters. The highest BCUT2D eigenvalue weighted by molar-refractivity contribution is 7.12. The van der Waals surface area contributed by atoms with Gasteiger partial charge in [-0.1, -0.05) is 0 Å². The van der Waals surface area contributed by atoms with Crippen molar-refractivity contribution >= 4 is 17.3 Å². The van der Waals surface area contributed by atoms with E-state index in [1.54, 1.807) is 0 Å². The summed E-state index contributed by atoms with van der Waals surface area (Å²) < 4.78 is 7.01. The van der Waals surface area contributed by atoms with Crippen molar-refractivity contribution in [2.45, 2.75) is 32.5 Å². The second-order valence-corrected chi connectivity index (χ2v) is 6.14. The molecule has 0 unspecified atom stereocenters. The van der Waals surface area contributed by atoms with Crippen LogP contribution in [-0.2, 0) is 30.8 Å². The lowest BCUT2D eigenvalue weighted by molar-refractivity contribution is 0.0604. The van der Waals surface area contributed by atoms with E-state index in [1.807, 2.05) is 18.5 Å². The molecule has 0 aromatic carbocycles. The van der Waals surface area contributed by atoms with E-state index in [0.29, 0.717) is 11.4 Å². The maximum absolute atomic E-state index is 11.7. The Balaban J connectivity index is 1.68. The Hall–Kier alpha value is -1.73. The number of esters is 1. The maximum Gasteiger partial charge on any atom is 0.348 e. The first-order valence-electron chi connectivity index (χ1n) is 6.93. The molecule has 0 saturated heterocycles. The molecule has 1 aliphatic rings. The standard InChI is InChI=1S/C14H18N4O2S/c1-17(8-10-5-7-21-13(10)14(19)20-2)9-12-16-15-11-4-3-6-18(11)12/h5,7H,3-4,6,8-9H2,1-2H3. The highest BCUT2D eigenvalue weighted by Gasteiger charge is 2.19. The van der Waals surface area contributed by atoms with Gasteiger partial charge in [0, 0.05) is 19.5 Å². The molecular weight excluding hydrogens is 288 g/mol. The van der Waals surface area contributed by atoms with Gasteiger partial charge in [-0.15, -0.1) is 21.5 Å². The Morgan fingerprint density at radius 1 is 1.48 bits per heavy atom. The summed E-state index contributed by atoms with van der Waals surface area (Å²) in [5.74, 6) is 1.82. The third kappa shape index (κ3) is 2.84. The minimum Gasteiger partial charge on any atom is -0.465 e. The van der Waals surface area contributed by atoms with Crippen molar-refractivity contribution in [1.29, 1.82) is 0 Å². The molecule has 0 radical (unpaired) electrons. The number of aryl methyl sites for hydroxylation is 1. The lowest BCUT2D eigenvalue weighted by atomic mass is 10.2. The highest BCUT2D eigenvalue weighted by Crippen LogP contribution is 2.20. The minimum atomic E-state index is -0.267. The van der Waals surface area contributed by atoms with Crippen molar-refractivity contribution in [3.8, 4) is 0 Å². The number of ether oxygens (including phenoxy) is 1. The number of methoxy groups -OCH3 is 1. The summed E-state index contributed by atoms with van der Waals surface area (Å²) in [4.78, 5) is 14.5. The van der Waals surface area contributed by atoms with Crippen molar-refractivity contribution in [3.05, 3.63) is 33.5 Å². The first-order valence-corrected chi connectivity index (χ1v) is 7.81. The lowest BCUT2D eigenvalue weighted by Gasteiger charge is -2.16. The molecule has 0 fully saturated rings. The third-order valence-corrected chi connectivity index (χ3v) is 4.59. The van der Waals surface area contributed by atoms with Gasteiger partial charge in [0.2, 0.25) is 0 Å². The summed E-state index contributed by atoms with van der Waals surface area (Å²) in [7, 11) is 3.43. The van der Waals surface area contributed by atoms with E-state index in [1.165, 1.54) is 18.4 Å². The van der Waals surface area contributed by atoms with Crippen LogP contribution >= 0.6 is 11.3 Å². The largest absolute Gasteiger partial charge is 0.465 e. The molecule has 3 heterocycles. The fourth-order valence-corrected chi connectivity index (χ4v) is 3.48. The van der Waals surface area contributed by atoms with Crippen molar-refractivity contribution < 1.29 is 9.53 Å². The fraction of sp³-hybridized carbons (Fsp3) is 0.500. The average molecular weight is 306 g/mol. The van der Waals surface area contributed by atoms with Crippen LogP contribution in [0, 0.1) is 0 Å². The van der Waals surface area contributed by atoms with Gasteiger partial charge in [0.25, 0.3) is 0 Å². The van der Waals surface area contributed by atoms with Gasteiger partial charge >= 0.3 is 5.97 Å². The van der Waals surface area contributed by atoms with E-state index >= 15 is 0 Å². The Morgan fingerprint density at radius 2 is 2.33 bits per heavy atom. The summed E-state index contributed by atoms with van der Waals surface area (Å²) in [5.41, 5.74) is 0.996. The Bertz CT molecular complexity index is 649. The second-order valence-electron chi connectivity index (χ2n) is 5.23. The molecule has 0 aliphatic carbocycles. The summed E-state index contributed by atoms with van der Waals surface area (Å²) in [5, 5.41) is 10.4. The molecule has 0 amide bonds. The number of fused-ring (bicyclic) bond motifs is 1. The zero-order chi connectivity index (χ0) is 14.8. The number of thiophene rings is 1. The zero-order valence-electron chi connectivity index (χ0n) is 12.2. The van der Waals surface area contributed by atoms with E-state index in [0.717, 1.165) is 43.1 Å². The number of hydrogen-bond acceptors (Lipinski definition) is 6. The monoisotopic (exact) mass is 306 g/mol. The number of hydrogen-bond donors (Lipinski definition) is 0. The number of aromatic nitrogens is 3. The predicted octanol–water partition coefficient (Wildman–Crippen LogP) is 1.70. The van der Waals surface area contributed by atoms with Crippen LogP contribution in [0.3, 0.4) is 0 Å².